The summed E-state index contributed by atoms with van der Waals surface area (Å²) in [6.07, 6.45) is 2.31. The van der Waals surface area contributed by atoms with Crippen molar-refractivity contribution in [2.75, 3.05) is 32.5 Å². The predicted octanol–water partition coefficient (Wildman–Crippen LogP) is -0.441. The standard InChI is InChI=1S/C13H18N2O6S/c1-22(19,20)12-10(9-3-2-8-21-9)15(13(18)11(12)17)6-4-14-5-7-16/h2-3,8,10,14,16-17H,4-7H2,1H3/t10-/m0/s1. The van der Waals surface area contributed by atoms with Crippen LogP contribution in [-0.4, -0.2) is 61.9 Å². The molecule has 1 atom stereocenters. The molecule has 1 aliphatic rings. The number of aliphatic hydroxyl groups is 2. The predicted molar refractivity (Wildman–Crippen MR) is 77.6 cm³/mol. The summed E-state index contributed by atoms with van der Waals surface area (Å²) >= 11 is 0. The zero-order valence-corrected chi connectivity index (χ0v) is 12.8. The molecule has 0 saturated heterocycles. The molecule has 9 heteroatoms. The second kappa shape index (κ2) is 6.51. The lowest BCUT2D eigenvalue weighted by molar-refractivity contribution is -0.129. The monoisotopic (exact) mass is 330 g/mol. The fraction of sp³-hybridized carbons (Fsp3) is 0.462. The molecular weight excluding hydrogens is 312 g/mol. The largest absolute Gasteiger partial charge is 0.502 e. The highest BCUT2D eigenvalue weighted by Gasteiger charge is 2.45. The minimum absolute atomic E-state index is 0.0480. The van der Waals surface area contributed by atoms with Crippen LogP contribution in [0.25, 0.3) is 0 Å². The Hall–Kier alpha value is -1.84. The first-order valence-corrected chi connectivity index (χ1v) is 8.56. The molecule has 1 aromatic heterocycles. The van der Waals surface area contributed by atoms with Crippen LogP contribution in [0.3, 0.4) is 0 Å². The minimum Gasteiger partial charge on any atom is -0.502 e. The molecule has 0 radical (unpaired) electrons. The van der Waals surface area contributed by atoms with E-state index >= 15 is 0 Å². The van der Waals surface area contributed by atoms with Crippen molar-refractivity contribution in [1.29, 1.82) is 0 Å². The molecule has 0 aliphatic carbocycles. The summed E-state index contributed by atoms with van der Waals surface area (Å²) in [4.78, 5) is 13.0. The third-order valence-corrected chi connectivity index (χ3v) is 4.50. The highest BCUT2D eigenvalue weighted by molar-refractivity contribution is 7.94. The van der Waals surface area contributed by atoms with Gasteiger partial charge in [-0.05, 0) is 12.1 Å². The molecule has 122 valence electrons. The van der Waals surface area contributed by atoms with Crippen molar-refractivity contribution in [1.82, 2.24) is 10.2 Å². The molecule has 3 N–H and O–H groups in total. The lowest BCUT2D eigenvalue weighted by Crippen LogP contribution is -2.37. The second-order valence-corrected chi connectivity index (χ2v) is 6.86. The maximum absolute atomic E-state index is 12.2. The maximum atomic E-state index is 12.2. The van der Waals surface area contributed by atoms with Gasteiger partial charge in [-0.3, -0.25) is 4.79 Å². The van der Waals surface area contributed by atoms with Gasteiger partial charge in [0.1, 0.15) is 16.7 Å². The number of aliphatic hydroxyl groups excluding tert-OH is 2. The molecule has 0 saturated carbocycles. The first kappa shape index (κ1) is 16.5. The smallest absolute Gasteiger partial charge is 0.290 e. The van der Waals surface area contributed by atoms with Crippen LogP contribution in [0.5, 0.6) is 0 Å². The maximum Gasteiger partial charge on any atom is 0.290 e. The van der Waals surface area contributed by atoms with Gasteiger partial charge in [0, 0.05) is 25.9 Å². The summed E-state index contributed by atoms with van der Waals surface area (Å²) in [6.45, 7) is 0.806. The zero-order valence-electron chi connectivity index (χ0n) is 12.0. The molecule has 2 heterocycles. The lowest BCUT2D eigenvalue weighted by Gasteiger charge is -2.24. The van der Waals surface area contributed by atoms with Crippen LogP contribution in [-0.2, 0) is 14.6 Å². The van der Waals surface area contributed by atoms with Gasteiger partial charge in [-0.2, -0.15) is 0 Å². The van der Waals surface area contributed by atoms with Gasteiger partial charge in [-0.1, -0.05) is 0 Å². The van der Waals surface area contributed by atoms with Crippen molar-refractivity contribution in [3.05, 3.63) is 34.8 Å². The number of carbonyl (C=O) groups excluding carboxylic acids is 1. The van der Waals surface area contributed by atoms with E-state index in [1.165, 1.54) is 11.2 Å². The van der Waals surface area contributed by atoms with Crippen LogP contribution in [0.1, 0.15) is 11.8 Å². The summed E-state index contributed by atoms with van der Waals surface area (Å²) in [5.41, 5.74) is 0. The molecule has 0 fully saturated rings. The van der Waals surface area contributed by atoms with Gasteiger partial charge in [0.25, 0.3) is 5.91 Å². The van der Waals surface area contributed by atoms with Crippen molar-refractivity contribution in [3.63, 3.8) is 0 Å². The van der Waals surface area contributed by atoms with E-state index in [9.17, 15) is 18.3 Å². The zero-order chi connectivity index (χ0) is 16.3. The third kappa shape index (κ3) is 3.16. The molecule has 22 heavy (non-hydrogen) atoms. The highest BCUT2D eigenvalue weighted by Crippen LogP contribution is 2.39. The topological polar surface area (TPSA) is 120 Å². The van der Waals surface area contributed by atoms with E-state index in [4.69, 9.17) is 9.52 Å². The quantitative estimate of drug-likeness (QED) is 0.580. The Kier molecular flexibility index (Phi) is 4.89. The molecule has 2 rings (SSSR count). The van der Waals surface area contributed by atoms with Crippen LogP contribution in [0.15, 0.2) is 33.5 Å². The molecule has 0 unspecified atom stereocenters. The number of hydrogen-bond donors (Lipinski definition) is 3. The van der Waals surface area contributed by atoms with Gasteiger partial charge >= 0.3 is 0 Å². The molecule has 0 spiro atoms. The number of rotatable bonds is 7. The summed E-state index contributed by atoms with van der Waals surface area (Å²) in [5, 5.41) is 21.6. The summed E-state index contributed by atoms with van der Waals surface area (Å²) in [7, 11) is -3.78. The van der Waals surface area contributed by atoms with E-state index in [2.05, 4.69) is 5.32 Å². The average molecular weight is 330 g/mol. The first-order valence-electron chi connectivity index (χ1n) is 6.67. The number of nitrogens with one attached hydrogen (secondary N) is 1. The van der Waals surface area contributed by atoms with Crippen LogP contribution < -0.4 is 5.32 Å². The van der Waals surface area contributed by atoms with E-state index < -0.39 is 27.5 Å². The van der Waals surface area contributed by atoms with E-state index in [0.29, 0.717) is 13.1 Å². The van der Waals surface area contributed by atoms with Gasteiger partial charge in [0.15, 0.2) is 15.6 Å². The van der Waals surface area contributed by atoms with Crippen LogP contribution >= 0.6 is 0 Å². The Labute approximate surface area is 127 Å². The van der Waals surface area contributed by atoms with Crippen LogP contribution in [0, 0.1) is 0 Å². The molecule has 8 nitrogen and oxygen atoms in total. The van der Waals surface area contributed by atoms with E-state index in [0.717, 1.165) is 6.26 Å². The fourth-order valence-corrected chi connectivity index (χ4v) is 3.46. The van der Waals surface area contributed by atoms with E-state index in [-0.39, 0.29) is 23.8 Å². The van der Waals surface area contributed by atoms with Gasteiger partial charge in [0.2, 0.25) is 0 Å². The van der Waals surface area contributed by atoms with Crippen LogP contribution in [0.2, 0.25) is 0 Å². The van der Waals surface area contributed by atoms with Gasteiger partial charge < -0.3 is 24.8 Å². The van der Waals surface area contributed by atoms with Crippen molar-refractivity contribution in [3.8, 4) is 0 Å². The van der Waals surface area contributed by atoms with Crippen molar-refractivity contribution < 1.29 is 27.8 Å². The number of carbonyl (C=O) groups is 1. The summed E-state index contributed by atoms with van der Waals surface area (Å²) in [6, 6.07) is 2.15. The fourth-order valence-electron chi connectivity index (χ4n) is 2.37. The summed E-state index contributed by atoms with van der Waals surface area (Å²) < 4.78 is 29.1. The second-order valence-electron chi connectivity index (χ2n) is 4.88. The Morgan fingerprint density at radius 1 is 1.41 bits per heavy atom. The number of hydrogen-bond acceptors (Lipinski definition) is 7. The molecule has 0 aromatic carbocycles. The Morgan fingerprint density at radius 3 is 2.68 bits per heavy atom. The summed E-state index contributed by atoms with van der Waals surface area (Å²) in [5.74, 6) is -1.27. The van der Waals surface area contributed by atoms with Crippen molar-refractivity contribution >= 4 is 15.7 Å². The SMILES string of the molecule is CS(=O)(=O)C1=C(O)C(=O)N(CCNCCO)[C@H]1c1ccco1. The van der Waals surface area contributed by atoms with E-state index in [1.807, 2.05) is 0 Å². The van der Waals surface area contributed by atoms with Crippen LogP contribution in [0.4, 0.5) is 0 Å². The van der Waals surface area contributed by atoms with E-state index in [1.54, 1.807) is 12.1 Å². The lowest BCUT2D eigenvalue weighted by atomic mass is 10.2. The Balaban J connectivity index is 2.32. The normalized spacial score (nSPS) is 19.3. The van der Waals surface area contributed by atoms with Crippen molar-refractivity contribution in [2.24, 2.45) is 0 Å². The molecule has 0 bridgehead atoms. The Bertz CT molecular complexity index is 665. The van der Waals surface area contributed by atoms with Gasteiger partial charge in [0.05, 0.1) is 12.9 Å². The van der Waals surface area contributed by atoms with Gasteiger partial charge in [-0.15, -0.1) is 0 Å². The molecular formula is C13H18N2O6S. The average Bonchev–Trinajstić information content (AvgIpc) is 3.03. The number of amides is 1. The van der Waals surface area contributed by atoms with Gasteiger partial charge in [-0.25, -0.2) is 8.42 Å². The first-order chi connectivity index (χ1) is 10.4. The van der Waals surface area contributed by atoms with Crippen molar-refractivity contribution in [2.45, 2.75) is 6.04 Å². The number of furan rings is 1. The third-order valence-electron chi connectivity index (χ3n) is 3.29. The molecule has 1 amide bonds. The number of sulfone groups is 1. The Morgan fingerprint density at radius 2 is 2.14 bits per heavy atom. The number of nitrogens with zero attached hydrogens (tertiary/aromatic N) is 1. The molecule has 1 aliphatic heterocycles. The minimum atomic E-state index is -3.78. The highest BCUT2D eigenvalue weighted by atomic mass is 32.2. The molecule has 1 aromatic rings.